The maximum absolute atomic E-state index is 13.5. The Balaban J connectivity index is 1.32. The molecule has 1 aromatic heterocycles. The predicted octanol–water partition coefficient (Wildman–Crippen LogP) is 4.31. The molecule has 3 heterocycles. The first-order valence-corrected chi connectivity index (χ1v) is 11.1. The van der Waals surface area contributed by atoms with Gasteiger partial charge in [-0.25, -0.2) is 14.4 Å². The smallest absolute Gasteiger partial charge is 0.147 e. The molecule has 0 amide bonds. The molecule has 31 heavy (non-hydrogen) atoms. The summed E-state index contributed by atoms with van der Waals surface area (Å²) >= 11 is 0. The van der Waals surface area contributed by atoms with Crippen molar-refractivity contribution < 1.29 is 4.39 Å². The van der Waals surface area contributed by atoms with E-state index in [4.69, 9.17) is 9.97 Å². The quantitative estimate of drug-likeness (QED) is 0.648. The third-order valence-electron chi connectivity index (χ3n) is 6.29. The number of fused-ring (bicyclic) bond motifs is 1. The lowest BCUT2D eigenvalue weighted by atomic mass is 10.0. The molecule has 2 aliphatic rings. The third kappa shape index (κ3) is 4.31. The van der Waals surface area contributed by atoms with Crippen molar-refractivity contribution in [2.45, 2.75) is 38.4 Å². The van der Waals surface area contributed by atoms with E-state index in [0.29, 0.717) is 0 Å². The standard InChI is InChI=1S/C25H28FN5/c1-27-24-21-11-13-31(16-23(21)29-25(30-24)22-6-3-12-28-22)15-17-7-9-18(10-8-17)19-4-2-5-20(26)14-19/h2,4-5,7-10,14,22,28H,3,6,11-13,15-16H2,1H3,(H,27,29,30)/t22-/m0/s1. The van der Waals surface area contributed by atoms with Crippen LogP contribution < -0.4 is 10.6 Å². The van der Waals surface area contributed by atoms with Crippen LogP contribution in [0, 0.1) is 5.82 Å². The Kier molecular flexibility index (Phi) is 5.66. The van der Waals surface area contributed by atoms with Crippen LogP contribution in [0.2, 0.25) is 0 Å². The molecule has 1 atom stereocenters. The van der Waals surface area contributed by atoms with Crippen molar-refractivity contribution in [1.29, 1.82) is 0 Å². The third-order valence-corrected chi connectivity index (χ3v) is 6.29. The molecular formula is C25H28FN5. The van der Waals surface area contributed by atoms with Crippen molar-refractivity contribution in [1.82, 2.24) is 20.2 Å². The van der Waals surface area contributed by atoms with Crippen LogP contribution in [0.4, 0.5) is 10.2 Å². The van der Waals surface area contributed by atoms with Crippen LogP contribution in [0.1, 0.15) is 41.5 Å². The van der Waals surface area contributed by atoms with Gasteiger partial charge in [-0.15, -0.1) is 0 Å². The second kappa shape index (κ2) is 8.73. The molecule has 3 aromatic rings. The molecule has 0 unspecified atom stereocenters. The van der Waals surface area contributed by atoms with E-state index in [2.05, 4.69) is 39.8 Å². The summed E-state index contributed by atoms with van der Waals surface area (Å²) in [5.74, 6) is 1.69. The summed E-state index contributed by atoms with van der Waals surface area (Å²) in [7, 11) is 1.95. The van der Waals surface area contributed by atoms with Gasteiger partial charge in [0.1, 0.15) is 17.5 Å². The maximum atomic E-state index is 13.5. The Morgan fingerprint density at radius 1 is 1.13 bits per heavy atom. The fourth-order valence-corrected chi connectivity index (χ4v) is 4.64. The zero-order valence-electron chi connectivity index (χ0n) is 17.9. The van der Waals surface area contributed by atoms with E-state index in [-0.39, 0.29) is 11.9 Å². The Morgan fingerprint density at radius 2 is 2.00 bits per heavy atom. The van der Waals surface area contributed by atoms with Gasteiger partial charge in [0.05, 0.1) is 11.7 Å². The topological polar surface area (TPSA) is 53.1 Å². The van der Waals surface area contributed by atoms with Gasteiger partial charge in [0.2, 0.25) is 0 Å². The van der Waals surface area contributed by atoms with E-state index in [0.717, 1.165) is 67.5 Å². The monoisotopic (exact) mass is 417 g/mol. The first kappa shape index (κ1) is 20.1. The fraction of sp³-hybridized carbons (Fsp3) is 0.360. The van der Waals surface area contributed by atoms with Crippen molar-refractivity contribution in [3.8, 4) is 11.1 Å². The van der Waals surface area contributed by atoms with Gasteiger partial charge in [-0.3, -0.25) is 4.90 Å². The average molecular weight is 418 g/mol. The van der Waals surface area contributed by atoms with Gasteiger partial charge < -0.3 is 10.6 Å². The molecule has 0 saturated carbocycles. The Bertz CT molecular complexity index is 1060. The molecule has 160 valence electrons. The summed E-state index contributed by atoms with van der Waals surface area (Å²) in [5.41, 5.74) is 5.59. The zero-order valence-corrected chi connectivity index (χ0v) is 17.9. The van der Waals surface area contributed by atoms with Crippen LogP contribution in [-0.4, -0.2) is 35.0 Å². The molecule has 2 N–H and O–H groups in total. The van der Waals surface area contributed by atoms with Crippen molar-refractivity contribution >= 4 is 5.82 Å². The summed E-state index contributed by atoms with van der Waals surface area (Å²) in [6.45, 7) is 3.73. The Hall–Kier alpha value is -2.83. The van der Waals surface area contributed by atoms with Crippen molar-refractivity contribution in [3.05, 3.63) is 77.0 Å². The normalized spacial score (nSPS) is 18.7. The highest BCUT2D eigenvalue weighted by Gasteiger charge is 2.26. The van der Waals surface area contributed by atoms with E-state index in [9.17, 15) is 4.39 Å². The van der Waals surface area contributed by atoms with Gasteiger partial charge in [-0.05, 0) is 54.6 Å². The van der Waals surface area contributed by atoms with Crippen LogP contribution in [0.5, 0.6) is 0 Å². The van der Waals surface area contributed by atoms with Gasteiger partial charge in [-0.1, -0.05) is 36.4 Å². The molecule has 6 heteroatoms. The van der Waals surface area contributed by atoms with Gasteiger partial charge >= 0.3 is 0 Å². The minimum atomic E-state index is -0.205. The lowest BCUT2D eigenvalue weighted by Gasteiger charge is -2.29. The largest absolute Gasteiger partial charge is 0.373 e. The summed E-state index contributed by atoms with van der Waals surface area (Å²) in [6, 6.07) is 15.4. The molecule has 0 spiro atoms. The van der Waals surface area contributed by atoms with E-state index in [1.807, 2.05) is 13.1 Å². The van der Waals surface area contributed by atoms with E-state index >= 15 is 0 Å². The van der Waals surface area contributed by atoms with Crippen LogP contribution in [0.3, 0.4) is 0 Å². The number of nitrogens with zero attached hydrogens (tertiary/aromatic N) is 3. The van der Waals surface area contributed by atoms with E-state index < -0.39 is 0 Å². The number of rotatable bonds is 5. The fourth-order valence-electron chi connectivity index (χ4n) is 4.64. The second-order valence-electron chi connectivity index (χ2n) is 8.42. The van der Waals surface area contributed by atoms with Crippen LogP contribution in [0.25, 0.3) is 11.1 Å². The molecule has 5 nitrogen and oxygen atoms in total. The first-order valence-electron chi connectivity index (χ1n) is 11.1. The molecule has 0 aliphatic carbocycles. The molecule has 0 bridgehead atoms. The molecule has 2 aliphatic heterocycles. The minimum Gasteiger partial charge on any atom is -0.373 e. The lowest BCUT2D eigenvalue weighted by molar-refractivity contribution is 0.241. The molecule has 0 radical (unpaired) electrons. The minimum absolute atomic E-state index is 0.205. The van der Waals surface area contributed by atoms with Crippen LogP contribution in [0.15, 0.2) is 48.5 Å². The molecule has 1 fully saturated rings. The SMILES string of the molecule is CNc1nc([C@@H]2CCCN2)nc2c1CCN(Cc1ccc(-c3cccc(F)c3)cc1)C2. The van der Waals surface area contributed by atoms with Crippen LogP contribution >= 0.6 is 0 Å². The number of hydrogen-bond acceptors (Lipinski definition) is 5. The molecule has 2 aromatic carbocycles. The van der Waals surface area contributed by atoms with E-state index in [1.54, 1.807) is 12.1 Å². The summed E-state index contributed by atoms with van der Waals surface area (Å²) in [4.78, 5) is 12.2. The summed E-state index contributed by atoms with van der Waals surface area (Å²) in [6.07, 6.45) is 3.23. The zero-order chi connectivity index (χ0) is 21.2. The van der Waals surface area contributed by atoms with Gasteiger partial charge in [0.25, 0.3) is 0 Å². The number of benzene rings is 2. The average Bonchev–Trinajstić information content (AvgIpc) is 3.34. The van der Waals surface area contributed by atoms with Crippen LogP contribution in [-0.2, 0) is 19.5 Å². The number of hydrogen-bond donors (Lipinski definition) is 2. The lowest BCUT2D eigenvalue weighted by Crippen LogP contribution is -2.32. The first-order chi connectivity index (χ1) is 15.2. The number of aromatic nitrogens is 2. The van der Waals surface area contributed by atoms with Gasteiger partial charge in [0, 0.05) is 32.2 Å². The summed E-state index contributed by atoms with van der Waals surface area (Å²) < 4.78 is 13.5. The Morgan fingerprint density at radius 3 is 2.74 bits per heavy atom. The highest BCUT2D eigenvalue weighted by molar-refractivity contribution is 5.63. The van der Waals surface area contributed by atoms with E-state index in [1.165, 1.54) is 23.6 Å². The van der Waals surface area contributed by atoms with Gasteiger partial charge in [0.15, 0.2) is 0 Å². The number of halogens is 1. The predicted molar refractivity (Wildman–Crippen MR) is 121 cm³/mol. The summed E-state index contributed by atoms with van der Waals surface area (Å²) in [5, 5.41) is 6.80. The molecule has 5 rings (SSSR count). The van der Waals surface area contributed by atoms with Gasteiger partial charge in [-0.2, -0.15) is 0 Å². The van der Waals surface area contributed by atoms with Crippen molar-refractivity contribution in [2.75, 3.05) is 25.5 Å². The number of nitrogens with one attached hydrogen (secondary N) is 2. The second-order valence-corrected chi connectivity index (χ2v) is 8.42. The maximum Gasteiger partial charge on any atom is 0.147 e. The molecule has 1 saturated heterocycles. The highest BCUT2D eigenvalue weighted by atomic mass is 19.1. The number of anilines is 1. The van der Waals surface area contributed by atoms with Crippen molar-refractivity contribution in [2.24, 2.45) is 0 Å². The Labute approximate surface area is 182 Å². The van der Waals surface area contributed by atoms with Crippen molar-refractivity contribution in [3.63, 3.8) is 0 Å². The molecular weight excluding hydrogens is 389 g/mol. The highest BCUT2D eigenvalue weighted by Crippen LogP contribution is 2.29.